The van der Waals surface area contributed by atoms with Crippen molar-refractivity contribution in [1.29, 1.82) is 0 Å². The number of hydrogen-bond acceptors (Lipinski definition) is 2. The van der Waals surface area contributed by atoms with Crippen LogP contribution in [-0.2, 0) is 0 Å². The second-order valence-corrected chi connectivity index (χ2v) is 1.82. The van der Waals surface area contributed by atoms with E-state index in [9.17, 15) is 0 Å². The molecule has 1 rings (SSSR count). The number of phenolic OH excluding ortho intramolecular Hbond substituents is 1. The van der Waals surface area contributed by atoms with Gasteiger partial charge >= 0.3 is 0 Å². The lowest BCUT2D eigenvalue weighted by Crippen LogP contribution is -2.02. The van der Waals surface area contributed by atoms with Crippen LogP contribution in [0, 0.1) is 0 Å². The third kappa shape index (κ3) is 1.16. The van der Waals surface area contributed by atoms with E-state index in [1.54, 1.807) is 6.07 Å². The summed E-state index contributed by atoms with van der Waals surface area (Å²) in [5, 5.41) is 8.86. The van der Waals surface area contributed by atoms with Gasteiger partial charge in [0.05, 0.1) is 5.69 Å². The maximum Gasteiger partial charge on any atom is 0.138 e. The van der Waals surface area contributed by atoms with Crippen LogP contribution in [0.2, 0.25) is 0 Å². The highest BCUT2D eigenvalue weighted by atomic mass is 16.3. The molecule has 0 unspecified atom stereocenters. The fraction of sp³-hybridized carbons (Fsp3) is 0. The van der Waals surface area contributed by atoms with Crippen molar-refractivity contribution in [2.75, 3.05) is 5.73 Å². The Bertz CT molecular complexity index is 224. The minimum absolute atomic E-state index is 0.0733. The van der Waals surface area contributed by atoms with E-state index in [1.807, 2.05) is 0 Å². The summed E-state index contributed by atoms with van der Waals surface area (Å²) in [4.78, 5) is 0. The quantitative estimate of drug-likeness (QED) is 0.281. The molecular formula is C6H6BNO. The van der Waals surface area contributed by atoms with Gasteiger partial charge in [0.15, 0.2) is 0 Å². The fourth-order valence-corrected chi connectivity index (χ4v) is 0.573. The first-order valence-corrected chi connectivity index (χ1v) is 2.54. The number of nitrogen functional groups attached to an aromatic ring is 1. The molecule has 0 saturated heterocycles. The molecule has 0 saturated carbocycles. The largest absolute Gasteiger partial charge is 0.506 e. The molecule has 0 aliphatic carbocycles. The topological polar surface area (TPSA) is 46.2 Å². The molecule has 0 bridgehead atoms. The molecule has 9 heavy (non-hydrogen) atoms. The van der Waals surface area contributed by atoms with E-state index in [0.29, 0.717) is 11.2 Å². The highest BCUT2D eigenvalue weighted by Crippen LogP contribution is 2.14. The summed E-state index contributed by atoms with van der Waals surface area (Å²) in [6.45, 7) is 0. The van der Waals surface area contributed by atoms with Crippen LogP contribution in [0.4, 0.5) is 5.69 Å². The van der Waals surface area contributed by atoms with Crippen LogP contribution in [0.15, 0.2) is 18.2 Å². The van der Waals surface area contributed by atoms with E-state index in [1.165, 1.54) is 12.1 Å². The average molecular weight is 119 g/mol. The van der Waals surface area contributed by atoms with Crippen molar-refractivity contribution in [1.82, 2.24) is 0 Å². The predicted molar refractivity (Wildman–Crippen MR) is 37.9 cm³/mol. The van der Waals surface area contributed by atoms with Gasteiger partial charge in [0.25, 0.3) is 0 Å². The SMILES string of the molecule is [B]c1ccc(O)c(N)c1. The van der Waals surface area contributed by atoms with Crippen molar-refractivity contribution in [3.8, 4) is 5.75 Å². The first-order valence-electron chi connectivity index (χ1n) is 2.54. The second kappa shape index (κ2) is 2.01. The summed E-state index contributed by atoms with van der Waals surface area (Å²) < 4.78 is 0. The lowest BCUT2D eigenvalue weighted by atomic mass is 9.96. The van der Waals surface area contributed by atoms with Gasteiger partial charge < -0.3 is 10.8 Å². The average Bonchev–Trinajstić information content (AvgIpc) is 1.80. The first kappa shape index (κ1) is 6.01. The van der Waals surface area contributed by atoms with Gasteiger partial charge in [0, 0.05) is 0 Å². The van der Waals surface area contributed by atoms with E-state index in [0.717, 1.165) is 0 Å². The Hall–Kier alpha value is -1.12. The maximum atomic E-state index is 8.86. The zero-order valence-electron chi connectivity index (χ0n) is 4.83. The van der Waals surface area contributed by atoms with Crippen LogP contribution in [0.1, 0.15) is 0 Å². The summed E-state index contributed by atoms with van der Waals surface area (Å²) >= 11 is 0. The smallest absolute Gasteiger partial charge is 0.138 e. The summed E-state index contributed by atoms with van der Waals surface area (Å²) in [5.41, 5.74) is 6.17. The van der Waals surface area contributed by atoms with Crippen molar-refractivity contribution in [2.45, 2.75) is 0 Å². The molecule has 2 nitrogen and oxygen atoms in total. The Balaban J connectivity index is 3.17. The molecule has 1 aromatic rings. The van der Waals surface area contributed by atoms with Crippen molar-refractivity contribution in [2.24, 2.45) is 0 Å². The third-order valence-corrected chi connectivity index (χ3v) is 1.05. The number of phenols is 1. The Morgan fingerprint density at radius 1 is 1.44 bits per heavy atom. The molecule has 44 valence electrons. The van der Waals surface area contributed by atoms with Crippen molar-refractivity contribution < 1.29 is 5.11 Å². The molecule has 3 N–H and O–H groups in total. The maximum absolute atomic E-state index is 8.86. The number of rotatable bonds is 0. The lowest BCUT2D eigenvalue weighted by molar-refractivity contribution is 0.478. The predicted octanol–water partition coefficient (Wildman–Crippen LogP) is -0.232. The van der Waals surface area contributed by atoms with Crippen LogP contribution in [-0.4, -0.2) is 13.0 Å². The van der Waals surface area contributed by atoms with Gasteiger partial charge in [-0.3, -0.25) is 0 Å². The molecular weight excluding hydrogens is 113 g/mol. The molecule has 1 aromatic carbocycles. The summed E-state index contributed by atoms with van der Waals surface area (Å²) in [6.07, 6.45) is 0. The zero-order valence-corrected chi connectivity index (χ0v) is 4.83. The third-order valence-electron chi connectivity index (χ3n) is 1.05. The molecule has 0 spiro atoms. The Kier molecular flexibility index (Phi) is 1.34. The molecule has 0 amide bonds. The van der Waals surface area contributed by atoms with Crippen LogP contribution >= 0.6 is 0 Å². The lowest BCUT2D eigenvalue weighted by Gasteiger charge is -1.97. The first-order chi connectivity index (χ1) is 4.20. The highest BCUT2D eigenvalue weighted by Gasteiger charge is 1.92. The van der Waals surface area contributed by atoms with Gasteiger partial charge in [-0.05, 0) is 12.1 Å². The highest BCUT2D eigenvalue weighted by molar-refractivity contribution is 6.32. The molecule has 0 fully saturated rings. The summed E-state index contributed by atoms with van der Waals surface area (Å²) in [5.74, 6) is 0.0733. The van der Waals surface area contributed by atoms with E-state index in [-0.39, 0.29) is 5.75 Å². The van der Waals surface area contributed by atoms with Crippen LogP contribution < -0.4 is 11.2 Å². The Morgan fingerprint density at radius 2 is 2.11 bits per heavy atom. The summed E-state index contributed by atoms with van der Waals surface area (Å²) in [6, 6.07) is 4.56. The van der Waals surface area contributed by atoms with E-state index >= 15 is 0 Å². The molecule has 0 atom stereocenters. The summed E-state index contributed by atoms with van der Waals surface area (Å²) in [7, 11) is 5.34. The standard InChI is InChI=1S/C6H6BNO/c7-4-1-2-6(9)5(8)3-4/h1-3,9H,8H2. The fourth-order valence-electron chi connectivity index (χ4n) is 0.573. The van der Waals surface area contributed by atoms with E-state index in [4.69, 9.17) is 18.7 Å². The monoisotopic (exact) mass is 119 g/mol. The van der Waals surface area contributed by atoms with Gasteiger partial charge in [-0.25, -0.2) is 0 Å². The van der Waals surface area contributed by atoms with Crippen molar-refractivity contribution in [3.63, 3.8) is 0 Å². The van der Waals surface area contributed by atoms with Gasteiger partial charge in [0.2, 0.25) is 0 Å². The molecule has 0 heterocycles. The van der Waals surface area contributed by atoms with Crippen molar-refractivity contribution >= 4 is 19.0 Å². The molecule has 0 aliphatic heterocycles. The van der Waals surface area contributed by atoms with Crippen LogP contribution in [0.5, 0.6) is 5.75 Å². The van der Waals surface area contributed by atoms with E-state index < -0.39 is 0 Å². The number of benzene rings is 1. The van der Waals surface area contributed by atoms with Gasteiger partial charge in [-0.2, -0.15) is 0 Å². The normalized spacial score (nSPS) is 9.33. The van der Waals surface area contributed by atoms with Crippen LogP contribution in [0.3, 0.4) is 0 Å². The van der Waals surface area contributed by atoms with Gasteiger partial charge in [-0.15, -0.1) is 0 Å². The Morgan fingerprint density at radius 3 is 2.56 bits per heavy atom. The minimum atomic E-state index is 0.0733. The number of aromatic hydroxyl groups is 1. The number of nitrogens with two attached hydrogens (primary N) is 1. The number of anilines is 1. The Labute approximate surface area is 54.7 Å². The second-order valence-electron chi connectivity index (χ2n) is 1.82. The zero-order chi connectivity index (χ0) is 6.85. The molecule has 3 heteroatoms. The molecule has 2 radical (unpaired) electrons. The van der Waals surface area contributed by atoms with Gasteiger partial charge in [0.1, 0.15) is 13.6 Å². The minimum Gasteiger partial charge on any atom is -0.506 e. The van der Waals surface area contributed by atoms with Gasteiger partial charge in [-0.1, -0.05) is 11.5 Å². The van der Waals surface area contributed by atoms with E-state index in [2.05, 4.69) is 0 Å². The van der Waals surface area contributed by atoms with Crippen LogP contribution in [0.25, 0.3) is 0 Å². The number of hydrogen-bond donors (Lipinski definition) is 2. The molecule has 0 aliphatic rings. The molecule has 0 aromatic heterocycles. The van der Waals surface area contributed by atoms with Crippen molar-refractivity contribution in [3.05, 3.63) is 18.2 Å².